The van der Waals surface area contributed by atoms with E-state index in [1.165, 1.54) is 43.9 Å². The van der Waals surface area contributed by atoms with Gasteiger partial charge in [0.2, 0.25) is 0 Å². The lowest BCUT2D eigenvalue weighted by Crippen LogP contribution is -2.24. The van der Waals surface area contributed by atoms with Crippen LogP contribution in [0.5, 0.6) is 0 Å². The maximum absolute atomic E-state index is 12.0. The molecule has 332 valence electrons. The standard InChI is InChI=1S/C33H25NO2.C29H29N.CH3/c1-24-16-18-25(19-17-24)32(30-14-8-9-15-31(30)33(35)36)26-20-22-29(23-21-26)34(27-10-4-2-5-11-27)28-12-6-3-7-13-28;1-5-30(6-2)25-18-19-26(22(4)20-25)29(24-16-14-21(3)15-17-24)28-13-9-11-23-10-7-8-12-27(23)28;/h2-23H,1H2,(H,35,36);7-20H,3,5-6H2,1-2,4H3;1H3/q;;-1/p-1. The van der Waals surface area contributed by atoms with Crippen LogP contribution in [0.25, 0.3) is 35.1 Å². The number of aromatic carboxylic acids is 1. The van der Waals surface area contributed by atoms with E-state index in [0.717, 1.165) is 56.9 Å². The van der Waals surface area contributed by atoms with Gasteiger partial charge in [0, 0.05) is 41.4 Å². The highest BCUT2D eigenvalue weighted by atomic mass is 16.4. The van der Waals surface area contributed by atoms with E-state index in [0.29, 0.717) is 5.56 Å². The van der Waals surface area contributed by atoms with Crippen LogP contribution < -0.4 is 35.8 Å². The first kappa shape index (κ1) is 46.8. The summed E-state index contributed by atoms with van der Waals surface area (Å²) >= 11 is 0. The van der Waals surface area contributed by atoms with Gasteiger partial charge < -0.3 is 27.1 Å². The fraction of sp³-hybridized carbons (Fsp3) is 0.0794. The number of hydrogen-bond donors (Lipinski definition) is 0. The van der Waals surface area contributed by atoms with Crippen LogP contribution in [0.3, 0.4) is 0 Å². The van der Waals surface area contributed by atoms with Crippen molar-refractivity contribution in [2.24, 2.45) is 0 Å². The van der Waals surface area contributed by atoms with Gasteiger partial charge in [-0.25, -0.2) is 0 Å². The Hall–Kier alpha value is -8.21. The third-order valence-corrected chi connectivity index (χ3v) is 12.0. The number of carboxylic acid groups (broad SMARTS) is 1. The molecule has 0 aliphatic rings. The minimum Gasteiger partial charge on any atom is -0.545 e. The average Bonchev–Trinajstić information content (AvgIpc) is 3.35. The molecule has 0 saturated heterocycles. The lowest BCUT2D eigenvalue weighted by atomic mass is 9.89. The first-order chi connectivity index (χ1) is 32.2. The zero-order chi connectivity index (χ0) is 46.0. The molecule has 67 heavy (non-hydrogen) atoms. The van der Waals surface area contributed by atoms with Crippen LogP contribution in [-0.2, 0) is 0 Å². The lowest BCUT2D eigenvalue weighted by Gasteiger charge is -2.25. The summed E-state index contributed by atoms with van der Waals surface area (Å²) in [6.45, 7) is 16.7. The fourth-order valence-corrected chi connectivity index (χ4v) is 8.69. The molecule has 0 unspecified atom stereocenters. The van der Waals surface area contributed by atoms with Crippen molar-refractivity contribution in [2.75, 3.05) is 22.9 Å². The Balaban J connectivity index is 0.000000199. The number of nitrogens with zero attached hydrogens (tertiary/aromatic N) is 2. The van der Waals surface area contributed by atoms with Gasteiger partial charge >= 0.3 is 0 Å². The van der Waals surface area contributed by atoms with Crippen molar-refractivity contribution in [2.45, 2.75) is 20.8 Å². The van der Waals surface area contributed by atoms with Crippen molar-refractivity contribution in [3.63, 3.8) is 0 Å². The summed E-state index contributed by atoms with van der Waals surface area (Å²) < 4.78 is 0. The van der Waals surface area contributed by atoms with E-state index in [9.17, 15) is 9.90 Å². The van der Waals surface area contributed by atoms with Crippen molar-refractivity contribution in [1.82, 2.24) is 0 Å². The first-order valence-corrected chi connectivity index (χ1v) is 22.5. The van der Waals surface area contributed by atoms with Gasteiger partial charge in [-0.2, -0.15) is 0 Å². The van der Waals surface area contributed by atoms with Gasteiger partial charge in [-0.15, -0.1) is 0 Å². The number of aryl methyl sites for hydroxylation is 1. The molecule has 0 heterocycles. The third-order valence-electron chi connectivity index (χ3n) is 12.0. The Bertz CT molecular complexity index is 3270. The fourth-order valence-electron chi connectivity index (χ4n) is 8.69. The number of anilines is 4. The molecule has 0 N–H and O–H groups in total. The minimum absolute atomic E-state index is 0. The molecule has 9 rings (SSSR count). The number of carbonyl (C=O) groups excluding carboxylic acids is 1. The molecule has 0 amide bonds. The number of carbonyl (C=O) groups is 1. The number of hydrogen-bond acceptors (Lipinski definition) is 4. The van der Waals surface area contributed by atoms with Crippen LogP contribution in [0.2, 0.25) is 0 Å². The van der Waals surface area contributed by atoms with Crippen LogP contribution in [0.1, 0.15) is 52.0 Å². The summed E-state index contributed by atoms with van der Waals surface area (Å²) in [6.07, 6.45) is 0. The summed E-state index contributed by atoms with van der Waals surface area (Å²) in [5, 5.41) is 18.6. The topological polar surface area (TPSA) is 46.6 Å². The highest BCUT2D eigenvalue weighted by Crippen LogP contribution is 2.36. The summed E-state index contributed by atoms with van der Waals surface area (Å²) in [5.41, 5.74) is 12.0. The minimum atomic E-state index is -1.20. The third kappa shape index (κ3) is 10.5. The Morgan fingerprint density at radius 2 is 0.925 bits per heavy atom. The quantitative estimate of drug-likeness (QED) is 0.122. The lowest BCUT2D eigenvalue weighted by molar-refractivity contribution is -0.255. The molecule has 0 fully saturated rings. The number of carboxylic acids is 1. The Kier molecular flexibility index (Phi) is 15.1. The molecule has 0 bridgehead atoms. The Morgan fingerprint density at radius 1 is 0.463 bits per heavy atom. The predicted octanol–water partition coefficient (Wildman–Crippen LogP) is 11.3. The zero-order valence-corrected chi connectivity index (χ0v) is 38.8. The Morgan fingerprint density at radius 3 is 1.48 bits per heavy atom. The van der Waals surface area contributed by atoms with E-state index in [-0.39, 0.29) is 13.0 Å². The molecule has 0 spiro atoms. The van der Waals surface area contributed by atoms with Crippen molar-refractivity contribution in [3.05, 3.63) is 280 Å². The monoisotopic (exact) mass is 872 g/mol. The highest BCUT2D eigenvalue weighted by Gasteiger charge is 2.17. The molecule has 0 saturated carbocycles. The second-order valence-corrected chi connectivity index (χ2v) is 16.2. The van der Waals surface area contributed by atoms with Gasteiger partial charge in [0.1, 0.15) is 0 Å². The molecule has 9 aromatic rings. The van der Waals surface area contributed by atoms with Crippen LogP contribution in [-0.4, -0.2) is 19.1 Å². The molecular weight excluding hydrogens is 817 g/mol. The maximum atomic E-state index is 12.0. The molecule has 0 aliphatic heterocycles. The van der Waals surface area contributed by atoms with Crippen molar-refractivity contribution in [3.8, 4) is 0 Å². The first-order valence-electron chi connectivity index (χ1n) is 22.5. The van der Waals surface area contributed by atoms with Gasteiger partial charge in [-0.3, -0.25) is 0 Å². The average molecular weight is 873 g/mol. The van der Waals surface area contributed by atoms with Crippen LogP contribution in [0.15, 0.2) is 218 Å². The van der Waals surface area contributed by atoms with E-state index in [4.69, 9.17) is 0 Å². The molecule has 0 aromatic heterocycles. The second kappa shape index (κ2) is 21.6. The molecule has 4 nitrogen and oxygen atoms in total. The molecule has 0 radical (unpaired) electrons. The van der Waals surface area contributed by atoms with E-state index in [2.05, 4.69) is 165 Å². The van der Waals surface area contributed by atoms with E-state index >= 15 is 0 Å². The summed E-state index contributed by atoms with van der Waals surface area (Å²) in [7, 11) is 0. The summed E-state index contributed by atoms with van der Waals surface area (Å²) in [5.74, 6) is -1.20. The van der Waals surface area contributed by atoms with Gasteiger partial charge in [-0.1, -0.05) is 183 Å². The Labute approximate surface area is 395 Å². The molecule has 0 aliphatic carbocycles. The molecule has 9 aromatic carbocycles. The SMILES string of the molecule is C=c1ccc(=C(c2ccc(N(CC)CC)cc2C)c2cccc3ccccc23)cc1.C=c1ccc(=C(c2ccc(N(c3ccccc3)c3ccccc3)cc2)c2ccccc2C(=O)[O-])cc1.[CH3-]. The van der Waals surface area contributed by atoms with Gasteiger partial charge in [0.05, 0.1) is 5.97 Å². The number of fused-ring (bicyclic) bond motifs is 1. The molecular formula is C63H56N2O2-2. The zero-order valence-electron chi connectivity index (χ0n) is 38.8. The van der Waals surface area contributed by atoms with Crippen molar-refractivity contribution < 1.29 is 9.90 Å². The molecule has 4 heteroatoms. The summed E-state index contributed by atoms with van der Waals surface area (Å²) in [6, 6.07) is 74.0. The van der Waals surface area contributed by atoms with Crippen LogP contribution in [0.4, 0.5) is 22.7 Å². The number of rotatable bonds is 11. The number of para-hydroxylation sites is 2. The largest absolute Gasteiger partial charge is 0.545 e. The predicted molar refractivity (Wildman–Crippen MR) is 283 cm³/mol. The van der Waals surface area contributed by atoms with Gasteiger partial charge in [-0.05, 0) is 140 Å². The number of benzene rings is 9. The second-order valence-electron chi connectivity index (χ2n) is 16.2. The van der Waals surface area contributed by atoms with Crippen LogP contribution in [0, 0.1) is 14.4 Å². The van der Waals surface area contributed by atoms with Crippen molar-refractivity contribution in [1.29, 1.82) is 0 Å². The summed E-state index contributed by atoms with van der Waals surface area (Å²) in [4.78, 5) is 16.5. The van der Waals surface area contributed by atoms with E-state index in [1.807, 2.05) is 84.9 Å². The molecule has 0 atom stereocenters. The highest BCUT2D eigenvalue weighted by molar-refractivity contribution is 5.98. The maximum Gasteiger partial charge on any atom is 0.0721 e. The van der Waals surface area contributed by atoms with Gasteiger partial charge in [0.25, 0.3) is 0 Å². The van der Waals surface area contributed by atoms with Gasteiger partial charge in [0.15, 0.2) is 0 Å². The normalized spacial score (nSPS) is 10.6. The van der Waals surface area contributed by atoms with E-state index in [1.54, 1.807) is 12.1 Å². The smallest absolute Gasteiger partial charge is 0.0721 e. The van der Waals surface area contributed by atoms with Crippen LogP contribution >= 0.6 is 0 Å². The van der Waals surface area contributed by atoms with E-state index < -0.39 is 5.97 Å². The van der Waals surface area contributed by atoms with Crippen molar-refractivity contribution >= 4 is 63.8 Å².